The molecule has 0 atom stereocenters. The second kappa shape index (κ2) is 8.12. The van der Waals surface area contributed by atoms with Crippen molar-refractivity contribution in [3.8, 4) is 11.3 Å². The molecule has 0 aliphatic carbocycles. The van der Waals surface area contributed by atoms with Gasteiger partial charge < -0.3 is 9.73 Å². The van der Waals surface area contributed by atoms with E-state index in [0.717, 1.165) is 32.2 Å². The number of furan rings is 1. The fraction of sp³-hybridized carbons (Fsp3) is 0.200. The number of aromatic nitrogens is 3. The van der Waals surface area contributed by atoms with Crippen LogP contribution in [0.4, 0.5) is 0 Å². The molecular formula is C20H18N4O2S2. The lowest BCUT2D eigenvalue weighted by Crippen LogP contribution is -2.24. The summed E-state index contributed by atoms with van der Waals surface area (Å²) < 4.78 is 6.21. The van der Waals surface area contributed by atoms with Crippen molar-refractivity contribution in [2.45, 2.75) is 25.4 Å². The van der Waals surface area contributed by atoms with Crippen molar-refractivity contribution in [3.05, 3.63) is 59.0 Å². The van der Waals surface area contributed by atoms with Crippen molar-refractivity contribution in [3.63, 3.8) is 0 Å². The minimum absolute atomic E-state index is 0.0917. The standard InChI is InChI=1S/C20H18N4O2S2/c1-12-5-7-14(8-6-12)17-19-18(22-13(2)28-19)20(24-23-17)27-11-16(25)21-10-15-4-3-9-26-15/h3-9H,10-11H2,1-2H3,(H,21,25). The molecule has 0 aliphatic rings. The van der Waals surface area contributed by atoms with Crippen LogP contribution in [0.1, 0.15) is 16.3 Å². The summed E-state index contributed by atoms with van der Waals surface area (Å²) in [5.74, 6) is 0.870. The van der Waals surface area contributed by atoms with Gasteiger partial charge in [0.2, 0.25) is 5.91 Å². The number of hydrogen-bond acceptors (Lipinski definition) is 7. The minimum atomic E-state index is -0.0917. The highest BCUT2D eigenvalue weighted by atomic mass is 32.2. The first-order valence-electron chi connectivity index (χ1n) is 8.73. The highest BCUT2D eigenvalue weighted by Gasteiger charge is 2.17. The number of benzene rings is 1. The molecule has 28 heavy (non-hydrogen) atoms. The number of thioether (sulfide) groups is 1. The van der Waals surface area contributed by atoms with Crippen LogP contribution in [0.3, 0.4) is 0 Å². The molecule has 0 saturated heterocycles. The summed E-state index contributed by atoms with van der Waals surface area (Å²) >= 11 is 2.94. The average molecular weight is 411 g/mol. The zero-order valence-electron chi connectivity index (χ0n) is 15.4. The number of hydrogen-bond donors (Lipinski definition) is 1. The number of rotatable bonds is 6. The molecule has 0 spiro atoms. The van der Waals surface area contributed by atoms with Crippen LogP contribution in [0.15, 0.2) is 52.1 Å². The Labute approximate surface area is 170 Å². The summed E-state index contributed by atoms with van der Waals surface area (Å²) in [6.07, 6.45) is 1.59. The van der Waals surface area contributed by atoms with Gasteiger partial charge in [0.15, 0.2) is 0 Å². The van der Waals surface area contributed by atoms with Gasteiger partial charge in [0.25, 0.3) is 0 Å². The van der Waals surface area contributed by atoms with E-state index in [4.69, 9.17) is 4.42 Å². The number of carbonyl (C=O) groups excluding carboxylic acids is 1. The molecule has 0 fully saturated rings. The fourth-order valence-corrected chi connectivity index (χ4v) is 4.45. The summed E-state index contributed by atoms with van der Waals surface area (Å²) in [7, 11) is 0. The third-order valence-electron chi connectivity index (χ3n) is 4.10. The monoisotopic (exact) mass is 410 g/mol. The summed E-state index contributed by atoms with van der Waals surface area (Å²) in [6, 6.07) is 11.8. The van der Waals surface area contributed by atoms with Crippen molar-refractivity contribution in [2.24, 2.45) is 0 Å². The molecule has 3 heterocycles. The van der Waals surface area contributed by atoms with Crippen LogP contribution in [-0.2, 0) is 11.3 Å². The number of nitrogens with one attached hydrogen (secondary N) is 1. The van der Waals surface area contributed by atoms with E-state index in [-0.39, 0.29) is 11.7 Å². The third-order valence-corrected chi connectivity index (χ3v) is 6.03. The van der Waals surface area contributed by atoms with Gasteiger partial charge in [0, 0.05) is 5.56 Å². The molecule has 0 aliphatic heterocycles. The van der Waals surface area contributed by atoms with Gasteiger partial charge in [-0.2, -0.15) is 0 Å². The molecule has 6 nitrogen and oxygen atoms in total. The second-order valence-corrected chi connectivity index (χ2v) is 8.44. The molecule has 3 aromatic heterocycles. The van der Waals surface area contributed by atoms with Crippen LogP contribution in [0.5, 0.6) is 0 Å². The third kappa shape index (κ3) is 4.07. The van der Waals surface area contributed by atoms with Crippen LogP contribution in [0.25, 0.3) is 21.5 Å². The van der Waals surface area contributed by atoms with E-state index in [1.807, 2.05) is 25.1 Å². The molecule has 0 radical (unpaired) electrons. The smallest absolute Gasteiger partial charge is 0.230 e. The fourth-order valence-electron chi connectivity index (χ4n) is 2.70. The van der Waals surface area contributed by atoms with E-state index in [9.17, 15) is 4.79 Å². The summed E-state index contributed by atoms with van der Waals surface area (Å²) in [4.78, 5) is 16.8. The lowest BCUT2D eigenvalue weighted by molar-refractivity contribution is -0.118. The number of amides is 1. The zero-order valence-corrected chi connectivity index (χ0v) is 17.1. The summed E-state index contributed by atoms with van der Waals surface area (Å²) in [6.45, 7) is 4.39. The van der Waals surface area contributed by atoms with Gasteiger partial charge in [0.1, 0.15) is 22.0 Å². The van der Waals surface area contributed by atoms with Gasteiger partial charge in [0.05, 0.1) is 28.3 Å². The van der Waals surface area contributed by atoms with Crippen molar-refractivity contribution in [2.75, 3.05) is 5.75 Å². The topological polar surface area (TPSA) is 80.9 Å². The molecule has 0 bridgehead atoms. The Morgan fingerprint density at radius 2 is 2.00 bits per heavy atom. The predicted molar refractivity (Wildman–Crippen MR) is 111 cm³/mol. The maximum absolute atomic E-state index is 12.1. The van der Waals surface area contributed by atoms with E-state index in [1.54, 1.807) is 23.7 Å². The highest BCUT2D eigenvalue weighted by Crippen LogP contribution is 2.35. The van der Waals surface area contributed by atoms with Crippen LogP contribution < -0.4 is 5.32 Å². The quantitative estimate of drug-likeness (QED) is 0.475. The van der Waals surface area contributed by atoms with Crippen molar-refractivity contribution >= 4 is 39.2 Å². The Morgan fingerprint density at radius 3 is 2.75 bits per heavy atom. The summed E-state index contributed by atoms with van der Waals surface area (Å²) in [5.41, 5.74) is 3.84. The molecule has 0 unspecified atom stereocenters. The molecule has 4 rings (SSSR count). The maximum Gasteiger partial charge on any atom is 0.230 e. The van der Waals surface area contributed by atoms with Crippen LogP contribution in [0, 0.1) is 13.8 Å². The van der Waals surface area contributed by atoms with Crippen LogP contribution in [0.2, 0.25) is 0 Å². The van der Waals surface area contributed by atoms with Crippen molar-refractivity contribution < 1.29 is 9.21 Å². The molecule has 4 aromatic rings. The largest absolute Gasteiger partial charge is 0.467 e. The first-order chi connectivity index (χ1) is 13.6. The lowest BCUT2D eigenvalue weighted by atomic mass is 10.1. The number of thiazole rings is 1. The Morgan fingerprint density at radius 1 is 1.18 bits per heavy atom. The van der Waals surface area contributed by atoms with E-state index in [0.29, 0.717) is 11.6 Å². The SMILES string of the molecule is Cc1ccc(-c2nnc(SCC(=O)NCc3ccco3)c3nc(C)sc23)cc1. The number of aryl methyl sites for hydroxylation is 2. The normalized spacial score (nSPS) is 11.1. The van der Waals surface area contributed by atoms with Crippen LogP contribution >= 0.6 is 23.1 Å². The van der Waals surface area contributed by atoms with E-state index in [1.165, 1.54) is 17.3 Å². The van der Waals surface area contributed by atoms with Gasteiger partial charge >= 0.3 is 0 Å². The van der Waals surface area contributed by atoms with Gasteiger partial charge in [-0.1, -0.05) is 41.6 Å². The minimum Gasteiger partial charge on any atom is -0.467 e. The van der Waals surface area contributed by atoms with E-state index < -0.39 is 0 Å². The Balaban J connectivity index is 1.52. The van der Waals surface area contributed by atoms with Gasteiger partial charge in [-0.05, 0) is 26.0 Å². The zero-order chi connectivity index (χ0) is 19.5. The predicted octanol–water partition coefficient (Wildman–Crippen LogP) is 4.37. The Kier molecular flexibility index (Phi) is 5.40. The van der Waals surface area contributed by atoms with E-state index >= 15 is 0 Å². The lowest BCUT2D eigenvalue weighted by Gasteiger charge is -2.06. The molecule has 142 valence electrons. The highest BCUT2D eigenvalue weighted by molar-refractivity contribution is 8.00. The molecular weight excluding hydrogens is 392 g/mol. The molecule has 1 amide bonds. The van der Waals surface area contributed by atoms with E-state index in [2.05, 4.69) is 39.6 Å². The second-order valence-electron chi connectivity index (χ2n) is 6.28. The molecule has 0 saturated carbocycles. The van der Waals surface area contributed by atoms with Crippen LogP contribution in [-0.4, -0.2) is 26.8 Å². The average Bonchev–Trinajstić information content (AvgIpc) is 3.34. The molecule has 1 aromatic carbocycles. The maximum atomic E-state index is 12.1. The van der Waals surface area contributed by atoms with Gasteiger partial charge in [-0.15, -0.1) is 21.5 Å². The molecule has 1 N–H and O–H groups in total. The van der Waals surface area contributed by atoms with Gasteiger partial charge in [-0.3, -0.25) is 4.79 Å². The number of carbonyl (C=O) groups is 1. The number of nitrogens with zero attached hydrogens (tertiary/aromatic N) is 3. The van der Waals surface area contributed by atoms with Gasteiger partial charge in [-0.25, -0.2) is 4.98 Å². The van der Waals surface area contributed by atoms with Crippen molar-refractivity contribution in [1.29, 1.82) is 0 Å². The first kappa shape index (κ1) is 18.6. The molecule has 8 heteroatoms. The Hall–Kier alpha value is -2.71. The van der Waals surface area contributed by atoms with Crippen molar-refractivity contribution in [1.82, 2.24) is 20.5 Å². The Bertz CT molecular complexity index is 1110. The first-order valence-corrected chi connectivity index (χ1v) is 10.5. The summed E-state index contributed by atoms with van der Waals surface area (Å²) in [5, 5.41) is 13.2. The number of fused-ring (bicyclic) bond motifs is 1.